The van der Waals surface area contributed by atoms with Crippen molar-refractivity contribution in [1.82, 2.24) is 4.98 Å². The second kappa shape index (κ2) is 5.81. The van der Waals surface area contributed by atoms with Crippen LogP contribution in [0.4, 0.5) is 4.39 Å². The molecule has 0 radical (unpaired) electrons. The Balaban J connectivity index is 2.64. The van der Waals surface area contributed by atoms with Crippen LogP contribution < -0.4 is 5.73 Å². The Hall–Kier alpha value is -0.960. The van der Waals surface area contributed by atoms with E-state index < -0.39 is 0 Å². The SMILES string of the molecule is CCC(CC)CC(N)c1cncc(F)c1. The summed E-state index contributed by atoms with van der Waals surface area (Å²) in [5.74, 6) is 0.302. The number of hydrogen-bond acceptors (Lipinski definition) is 2. The molecule has 0 amide bonds. The Morgan fingerprint density at radius 1 is 1.33 bits per heavy atom. The molecule has 0 aliphatic heterocycles. The molecule has 1 atom stereocenters. The first-order valence-corrected chi connectivity index (χ1v) is 5.53. The molecule has 0 spiro atoms. The highest BCUT2D eigenvalue weighted by atomic mass is 19.1. The second-order valence-corrected chi connectivity index (χ2v) is 3.96. The molecule has 0 saturated heterocycles. The highest BCUT2D eigenvalue weighted by Gasteiger charge is 2.12. The van der Waals surface area contributed by atoms with Gasteiger partial charge in [-0.3, -0.25) is 4.98 Å². The number of halogens is 1. The first kappa shape index (κ1) is 12.1. The van der Waals surface area contributed by atoms with Gasteiger partial charge in [-0.15, -0.1) is 0 Å². The van der Waals surface area contributed by atoms with E-state index >= 15 is 0 Å². The lowest BCUT2D eigenvalue weighted by atomic mass is 9.92. The van der Waals surface area contributed by atoms with Gasteiger partial charge in [0.2, 0.25) is 0 Å². The summed E-state index contributed by atoms with van der Waals surface area (Å²) >= 11 is 0. The predicted octanol–water partition coefficient (Wildman–Crippen LogP) is 3.05. The summed E-state index contributed by atoms with van der Waals surface area (Å²) in [4.78, 5) is 3.81. The summed E-state index contributed by atoms with van der Waals surface area (Å²) in [6.45, 7) is 4.31. The van der Waals surface area contributed by atoms with Crippen molar-refractivity contribution in [2.75, 3.05) is 0 Å². The van der Waals surface area contributed by atoms with Gasteiger partial charge in [0.05, 0.1) is 6.20 Å². The third-order valence-corrected chi connectivity index (χ3v) is 2.90. The van der Waals surface area contributed by atoms with E-state index in [1.165, 1.54) is 12.3 Å². The Kier molecular flexibility index (Phi) is 4.69. The van der Waals surface area contributed by atoms with Crippen LogP contribution in [0.5, 0.6) is 0 Å². The maximum absolute atomic E-state index is 12.9. The van der Waals surface area contributed by atoms with Crippen LogP contribution in [-0.2, 0) is 0 Å². The van der Waals surface area contributed by atoms with Crippen LogP contribution in [-0.4, -0.2) is 4.98 Å². The Morgan fingerprint density at radius 3 is 2.53 bits per heavy atom. The van der Waals surface area contributed by atoms with Crippen molar-refractivity contribution < 1.29 is 4.39 Å². The molecule has 0 aromatic carbocycles. The van der Waals surface area contributed by atoms with E-state index in [1.54, 1.807) is 6.20 Å². The monoisotopic (exact) mass is 210 g/mol. The van der Waals surface area contributed by atoms with Crippen LogP contribution in [0, 0.1) is 11.7 Å². The molecule has 1 aromatic rings. The van der Waals surface area contributed by atoms with Crippen molar-refractivity contribution in [2.24, 2.45) is 11.7 Å². The highest BCUT2D eigenvalue weighted by molar-refractivity contribution is 5.14. The van der Waals surface area contributed by atoms with Crippen LogP contribution in [0.1, 0.15) is 44.7 Å². The molecule has 1 unspecified atom stereocenters. The molecular weight excluding hydrogens is 191 g/mol. The topological polar surface area (TPSA) is 38.9 Å². The largest absolute Gasteiger partial charge is 0.324 e. The third kappa shape index (κ3) is 3.59. The fourth-order valence-electron chi connectivity index (χ4n) is 1.75. The third-order valence-electron chi connectivity index (χ3n) is 2.90. The average Bonchev–Trinajstić information content (AvgIpc) is 2.25. The molecule has 15 heavy (non-hydrogen) atoms. The maximum Gasteiger partial charge on any atom is 0.141 e. The van der Waals surface area contributed by atoms with Gasteiger partial charge < -0.3 is 5.73 Å². The van der Waals surface area contributed by atoms with E-state index in [-0.39, 0.29) is 11.9 Å². The predicted molar refractivity (Wildman–Crippen MR) is 59.8 cm³/mol. The summed E-state index contributed by atoms with van der Waals surface area (Å²) in [5, 5.41) is 0. The van der Waals surface area contributed by atoms with Gasteiger partial charge in [0, 0.05) is 12.2 Å². The molecule has 2 nitrogen and oxygen atoms in total. The summed E-state index contributed by atoms with van der Waals surface area (Å²) in [5.41, 5.74) is 6.80. The Bertz CT molecular complexity index is 297. The lowest BCUT2D eigenvalue weighted by Crippen LogP contribution is -2.15. The summed E-state index contributed by atoms with van der Waals surface area (Å²) in [6, 6.07) is 1.37. The van der Waals surface area contributed by atoms with E-state index in [0.717, 1.165) is 24.8 Å². The summed E-state index contributed by atoms with van der Waals surface area (Å²) in [6.07, 6.45) is 5.99. The van der Waals surface area contributed by atoms with Crippen LogP contribution in [0.3, 0.4) is 0 Å². The number of rotatable bonds is 5. The zero-order chi connectivity index (χ0) is 11.3. The van der Waals surface area contributed by atoms with Crippen LogP contribution in [0.15, 0.2) is 18.5 Å². The normalized spacial score (nSPS) is 13.1. The Morgan fingerprint density at radius 2 is 2.00 bits per heavy atom. The summed E-state index contributed by atoms with van der Waals surface area (Å²) < 4.78 is 12.9. The Labute approximate surface area is 90.7 Å². The second-order valence-electron chi connectivity index (χ2n) is 3.96. The van der Waals surface area contributed by atoms with Gasteiger partial charge in [0.1, 0.15) is 5.82 Å². The number of aromatic nitrogens is 1. The van der Waals surface area contributed by atoms with Crippen molar-refractivity contribution >= 4 is 0 Å². The molecule has 0 aliphatic carbocycles. The first-order chi connectivity index (χ1) is 7.17. The molecule has 0 aliphatic rings. The number of hydrogen-bond donors (Lipinski definition) is 1. The van der Waals surface area contributed by atoms with Crippen molar-refractivity contribution in [3.05, 3.63) is 29.8 Å². The fourth-order valence-corrected chi connectivity index (χ4v) is 1.75. The minimum absolute atomic E-state index is 0.0990. The van der Waals surface area contributed by atoms with Gasteiger partial charge in [-0.2, -0.15) is 0 Å². The van der Waals surface area contributed by atoms with E-state index in [0.29, 0.717) is 5.92 Å². The first-order valence-electron chi connectivity index (χ1n) is 5.53. The van der Waals surface area contributed by atoms with E-state index in [9.17, 15) is 4.39 Å². The van der Waals surface area contributed by atoms with Gasteiger partial charge in [-0.05, 0) is 24.0 Å². The molecular formula is C12H19FN2. The zero-order valence-corrected chi connectivity index (χ0v) is 9.41. The molecule has 84 valence electrons. The van der Waals surface area contributed by atoms with Gasteiger partial charge in [0.15, 0.2) is 0 Å². The van der Waals surface area contributed by atoms with Gasteiger partial charge >= 0.3 is 0 Å². The average molecular weight is 210 g/mol. The van der Waals surface area contributed by atoms with Gasteiger partial charge in [0.25, 0.3) is 0 Å². The lowest BCUT2D eigenvalue weighted by Gasteiger charge is -2.18. The zero-order valence-electron chi connectivity index (χ0n) is 9.41. The van der Waals surface area contributed by atoms with E-state index in [4.69, 9.17) is 5.73 Å². The minimum atomic E-state index is -0.313. The van der Waals surface area contributed by atoms with Gasteiger partial charge in [-0.1, -0.05) is 26.7 Å². The molecule has 2 N–H and O–H groups in total. The van der Waals surface area contributed by atoms with Crippen molar-refractivity contribution in [3.8, 4) is 0 Å². The molecule has 1 rings (SSSR count). The number of pyridine rings is 1. The fraction of sp³-hybridized carbons (Fsp3) is 0.583. The number of nitrogens with two attached hydrogens (primary N) is 1. The molecule has 3 heteroatoms. The molecule has 0 saturated carbocycles. The number of nitrogens with zero attached hydrogens (tertiary/aromatic N) is 1. The van der Waals surface area contributed by atoms with Crippen LogP contribution in [0.25, 0.3) is 0 Å². The molecule has 0 bridgehead atoms. The van der Waals surface area contributed by atoms with Gasteiger partial charge in [-0.25, -0.2) is 4.39 Å². The van der Waals surface area contributed by atoms with E-state index in [1.807, 2.05) is 0 Å². The maximum atomic E-state index is 12.9. The molecule has 0 fully saturated rings. The van der Waals surface area contributed by atoms with Crippen molar-refractivity contribution in [1.29, 1.82) is 0 Å². The standard InChI is InChI=1S/C12H19FN2/c1-3-9(4-2)5-12(14)10-6-11(13)8-15-7-10/h6-9,12H,3-5,14H2,1-2H3. The highest BCUT2D eigenvalue weighted by Crippen LogP contribution is 2.22. The van der Waals surface area contributed by atoms with E-state index in [2.05, 4.69) is 18.8 Å². The van der Waals surface area contributed by atoms with Crippen molar-refractivity contribution in [2.45, 2.75) is 39.2 Å². The smallest absolute Gasteiger partial charge is 0.141 e. The van der Waals surface area contributed by atoms with Crippen LogP contribution in [0.2, 0.25) is 0 Å². The van der Waals surface area contributed by atoms with Crippen molar-refractivity contribution in [3.63, 3.8) is 0 Å². The van der Waals surface area contributed by atoms with Crippen LogP contribution >= 0.6 is 0 Å². The molecule has 1 heterocycles. The minimum Gasteiger partial charge on any atom is -0.324 e. The summed E-state index contributed by atoms with van der Waals surface area (Å²) in [7, 11) is 0. The quantitative estimate of drug-likeness (QED) is 0.811. The molecule has 1 aromatic heterocycles. The lowest BCUT2D eigenvalue weighted by molar-refractivity contribution is 0.413.